The summed E-state index contributed by atoms with van der Waals surface area (Å²) in [7, 11) is 0. The minimum Gasteiger partial charge on any atom is -0.328 e. The molecule has 0 aliphatic rings. The van der Waals surface area contributed by atoms with E-state index in [4.69, 9.17) is 11.6 Å². The fourth-order valence-corrected chi connectivity index (χ4v) is 3.24. The normalized spacial score (nSPS) is 11.0. The Kier molecular flexibility index (Phi) is 3.94. The van der Waals surface area contributed by atoms with E-state index in [0.717, 1.165) is 28.4 Å². The van der Waals surface area contributed by atoms with Gasteiger partial charge in [-0.2, -0.15) is 5.10 Å². The van der Waals surface area contributed by atoms with Crippen molar-refractivity contribution in [1.29, 1.82) is 0 Å². The number of pyridine rings is 1. The quantitative estimate of drug-likeness (QED) is 0.772. The first-order valence-electron chi connectivity index (χ1n) is 6.60. The summed E-state index contributed by atoms with van der Waals surface area (Å²) in [6, 6.07) is 7.72. The van der Waals surface area contributed by atoms with Crippen LogP contribution in [0.15, 0.2) is 35.3 Å². The first kappa shape index (κ1) is 14.1. The van der Waals surface area contributed by atoms with Gasteiger partial charge in [0, 0.05) is 16.8 Å². The van der Waals surface area contributed by atoms with Gasteiger partial charge in [0.25, 0.3) is 5.56 Å². The topological polar surface area (TPSA) is 61.5 Å². The zero-order chi connectivity index (χ0) is 14.8. The molecule has 108 valence electrons. The number of halogens is 1. The molecule has 0 aliphatic carbocycles. The Hall–Kier alpha value is -1.85. The minimum absolute atomic E-state index is 0.122. The summed E-state index contributed by atoms with van der Waals surface area (Å²) in [5, 5.41) is 7.24. The summed E-state index contributed by atoms with van der Waals surface area (Å²) in [6.07, 6.45) is 3.44. The lowest BCUT2D eigenvalue weighted by atomic mass is 10.1. The van der Waals surface area contributed by atoms with Crippen LogP contribution in [0.2, 0.25) is 4.34 Å². The monoisotopic (exact) mass is 319 g/mol. The number of aryl methyl sites for hydroxylation is 3. The number of aromatic nitrogens is 3. The smallest absolute Gasteiger partial charge is 0.257 e. The molecule has 3 rings (SSSR count). The molecular formula is C15H14ClN3OS. The van der Waals surface area contributed by atoms with Crippen molar-refractivity contribution in [1.82, 2.24) is 15.2 Å². The molecule has 3 aromatic heterocycles. The Balaban J connectivity index is 1.77. The number of aromatic amines is 2. The van der Waals surface area contributed by atoms with Crippen LogP contribution in [0, 0.1) is 6.92 Å². The van der Waals surface area contributed by atoms with Gasteiger partial charge in [0.05, 0.1) is 15.6 Å². The second-order valence-electron chi connectivity index (χ2n) is 4.90. The lowest BCUT2D eigenvalue weighted by Crippen LogP contribution is -2.08. The molecule has 0 radical (unpaired) electrons. The van der Waals surface area contributed by atoms with Gasteiger partial charge in [-0.15, -0.1) is 11.3 Å². The van der Waals surface area contributed by atoms with E-state index >= 15 is 0 Å². The van der Waals surface area contributed by atoms with Crippen LogP contribution in [-0.4, -0.2) is 15.2 Å². The molecule has 0 unspecified atom stereocenters. The molecule has 4 nitrogen and oxygen atoms in total. The Morgan fingerprint density at radius 1 is 1.29 bits per heavy atom. The summed E-state index contributed by atoms with van der Waals surface area (Å²) in [5.74, 6) is 0. The molecule has 3 aromatic rings. The van der Waals surface area contributed by atoms with E-state index in [0.29, 0.717) is 11.3 Å². The highest BCUT2D eigenvalue weighted by Crippen LogP contribution is 2.23. The van der Waals surface area contributed by atoms with Gasteiger partial charge in [-0.1, -0.05) is 11.6 Å². The van der Waals surface area contributed by atoms with Crippen molar-refractivity contribution in [2.45, 2.75) is 19.8 Å². The van der Waals surface area contributed by atoms with E-state index in [-0.39, 0.29) is 5.56 Å². The summed E-state index contributed by atoms with van der Waals surface area (Å²) in [5.41, 5.74) is 3.16. The average molecular weight is 320 g/mol. The maximum Gasteiger partial charge on any atom is 0.257 e. The van der Waals surface area contributed by atoms with Crippen LogP contribution in [0.5, 0.6) is 0 Å². The molecule has 0 bridgehead atoms. The number of thiophene rings is 1. The van der Waals surface area contributed by atoms with Crippen molar-refractivity contribution >= 4 is 22.9 Å². The van der Waals surface area contributed by atoms with Crippen LogP contribution in [0.1, 0.15) is 16.1 Å². The fourth-order valence-electron chi connectivity index (χ4n) is 2.15. The van der Waals surface area contributed by atoms with Crippen molar-refractivity contribution < 1.29 is 0 Å². The first-order chi connectivity index (χ1) is 10.1. The molecule has 0 amide bonds. The van der Waals surface area contributed by atoms with E-state index < -0.39 is 0 Å². The van der Waals surface area contributed by atoms with Crippen LogP contribution >= 0.6 is 22.9 Å². The van der Waals surface area contributed by atoms with Gasteiger partial charge in [0.1, 0.15) is 0 Å². The van der Waals surface area contributed by atoms with Crippen LogP contribution in [-0.2, 0) is 12.8 Å². The van der Waals surface area contributed by atoms with Crippen molar-refractivity contribution in [2.75, 3.05) is 0 Å². The number of nitrogens with one attached hydrogen (secondary N) is 2. The maximum absolute atomic E-state index is 11.8. The highest BCUT2D eigenvalue weighted by atomic mass is 35.5. The van der Waals surface area contributed by atoms with Gasteiger partial charge in [0.2, 0.25) is 0 Å². The van der Waals surface area contributed by atoms with E-state index in [9.17, 15) is 4.79 Å². The fraction of sp³-hybridized carbons (Fsp3) is 0.200. The van der Waals surface area contributed by atoms with Crippen molar-refractivity contribution in [3.8, 4) is 11.3 Å². The Labute approximate surface area is 130 Å². The molecule has 0 aromatic carbocycles. The molecule has 3 heterocycles. The predicted molar refractivity (Wildman–Crippen MR) is 86.1 cm³/mol. The molecule has 2 N–H and O–H groups in total. The van der Waals surface area contributed by atoms with Gasteiger partial charge < -0.3 is 4.98 Å². The zero-order valence-electron chi connectivity index (χ0n) is 11.4. The lowest BCUT2D eigenvalue weighted by molar-refractivity contribution is 0.904. The second kappa shape index (κ2) is 5.87. The Morgan fingerprint density at radius 2 is 2.14 bits per heavy atom. The number of hydrogen-bond acceptors (Lipinski definition) is 3. The van der Waals surface area contributed by atoms with Crippen molar-refractivity contribution in [3.63, 3.8) is 0 Å². The molecule has 6 heteroatoms. The molecule has 0 fully saturated rings. The van der Waals surface area contributed by atoms with Crippen molar-refractivity contribution in [2.24, 2.45) is 0 Å². The predicted octanol–water partition coefficient (Wildman–Crippen LogP) is 3.57. The van der Waals surface area contributed by atoms with Gasteiger partial charge in [0.15, 0.2) is 0 Å². The van der Waals surface area contributed by atoms with E-state index in [1.807, 2.05) is 31.2 Å². The standard InChI is InChI=1S/C15H14ClN3OS/c1-9-6-12(15(20)17-8-9)13-7-10(18-19-13)2-3-11-4-5-14(16)21-11/h4-8H,2-3H2,1H3,(H,17,20)(H,18,19). The van der Waals surface area contributed by atoms with E-state index in [1.165, 1.54) is 4.88 Å². The lowest BCUT2D eigenvalue weighted by Gasteiger charge is -1.96. The van der Waals surface area contributed by atoms with Crippen molar-refractivity contribution in [3.05, 3.63) is 61.3 Å². The van der Waals surface area contributed by atoms with Crippen LogP contribution < -0.4 is 5.56 Å². The SMILES string of the molecule is Cc1c[nH]c(=O)c(-c2cc(CCc3ccc(Cl)s3)[nH]n2)c1. The van der Waals surface area contributed by atoms with Crippen LogP contribution in [0.4, 0.5) is 0 Å². The molecule has 0 saturated heterocycles. The maximum atomic E-state index is 11.8. The molecular weight excluding hydrogens is 306 g/mol. The number of nitrogens with zero attached hydrogens (tertiary/aromatic N) is 1. The molecule has 21 heavy (non-hydrogen) atoms. The number of H-pyrrole nitrogens is 2. The molecule has 0 aliphatic heterocycles. The second-order valence-corrected chi connectivity index (χ2v) is 6.70. The summed E-state index contributed by atoms with van der Waals surface area (Å²) < 4.78 is 0.807. The average Bonchev–Trinajstić information content (AvgIpc) is 3.08. The number of hydrogen-bond donors (Lipinski definition) is 2. The van der Waals surface area contributed by atoms with E-state index in [1.54, 1.807) is 17.5 Å². The van der Waals surface area contributed by atoms with Gasteiger partial charge in [-0.05, 0) is 49.6 Å². The highest BCUT2D eigenvalue weighted by Gasteiger charge is 2.09. The van der Waals surface area contributed by atoms with Gasteiger partial charge in [-0.25, -0.2) is 0 Å². The Bertz CT molecular complexity index is 818. The number of rotatable bonds is 4. The highest BCUT2D eigenvalue weighted by molar-refractivity contribution is 7.16. The largest absolute Gasteiger partial charge is 0.328 e. The third kappa shape index (κ3) is 3.25. The molecule has 0 spiro atoms. The summed E-state index contributed by atoms with van der Waals surface area (Å²) in [6.45, 7) is 1.94. The third-order valence-electron chi connectivity index (χ3n) is 3.22. The first-order valence-corrected chi connectivity index (χ1v) is 7.79. The molecule has 0 saturated carbocycles. The zero-order valence-corrected chi connectivity index (χ0v) is 13.0. The summed E-state index contributed by atoms with van der Waals surface area (Å²) >= 11 is 7.51. The van der Waals surface area contributed by atoms with E-state index in [2.05, 4.69) is 15.2 Å². The van der Waals surface area contributed by atoms with Gasteiger partial charge in [-0.3, -0.25) is 9.89 Å². The third-order valence-corrected chi connectivity index (χ3v) is 4.51. The van der Waals surface area contributed by atoms with Gasteiger partial charge >= 0.3 is 0 Å². The van der Waals surface area contributed by atoms with Crippen LogP contribution in [0.3, 0.4) is 0 Å². The van der Waals surface area contributed by atoms with Crippen LogP contribution in [0.25, 0.3) is 11.3 Å². The Morgan fingerprint density at radius 3 is 2.90 bits per heavy atom. The summed E-state index contributed by atoms with van der Waals surface area (Å²) in [4.78, 5) is 15.8. The molecule has 0 atom stereocenters. The minimum atomic E-state index is -0.122.